The van der Waals surface area contributed by atoms with Crippen LogP contribution in [0.1, 0.15) is 25.7 Å². The van der Waals surface area contributed by atoms with Gasteiger partial charge in [0, 0.05) is 6.42 Å². The minimum atomic E-state index is -4.02. The maximum absolute atomic E-state index is 13.1. The van der Waals surface area contributed by atoms with E-state index in [1.165, 1.54) is 48.5 Å². The van der Waals surface area contributed by atoms with Crippen molar-refractivity contribution in [1.29, 1.82) is 0 Å². The number of benzene rings is 2. The van der Waals surface area contributed by atoms with Crippen LogP contribution in [0.4, 0.5) is 4.39 Å². The van der Waals surface area contributed by atoms with Gasteiger partial charge in [-0.2, -0.15) is 0 Å². The fourth-order valence-corrected chi connectivity index (χ4v) is 6.35. The lowest BCUT2D eigenvalue weighted by Gasteiger charge is -2.42. The summed E-state index contributed by atoms with van der Waals surface area (Å²) in [5, 5.41) is 9.97. The van der Waals surface area contributed by atoms with Crippen LogP contribution in [-0.2, 0) is 24.2 Å². The van der Waals surface area contributed by atoms with Crippen molar-refractivity contribution < 1.29 is 37.0 Å². The zero-order chi connectivity index (χ0) is 23.1. The van der Waals surface area contributed by atoms with Gasteiger partial charge in [0.05, 0.1) is 22.2 Å². The third-order valence-electron chi connectivity index (χ3n) is 6.11. The summed E-state index contributed by atoms with van der Waals surface area (Å²) >= 11 is 0. The Morgan fingerprint density at radius 1 is 1.12 bits per heavy atom. The molecule has 2 heterocycles. The highest BCUT2D eigenvalue weighted by Crippen LogP contribution is 2.51. The Morgan fingerprint density at radius 3 is 2.28 bits per heavy atom. The Kier molecular flexibility index (Phi) is 5.46. The summed E-state index contributed by atoms with van der Waals surface area (Å²) in [5.74, 6) is -2.45. The molecule has 0 saturated carbocycles. The first-order valence-electron chi connectivity index (χ1n) is 10.0. The van der Waals surface area contributed by atoms with E-state index in [1.807, 2.05) is 0 Å². The zero-order valence-electron chi connectivity index (χ0n) is 17.0. The van der Waals surface area contributed by atoms with E-state index in [9.17, 15) is 27.5 Å². The average Bonchev–Trinajstić information content (AvgIpc) is 3.06. The van der Waals surface area contributed by atoms with Crippen molar-refractivity contribution >= 4 is 21.7 Å². The van der Waals surface area contributed by atoms with E-state index in [0.717, 1.165) is 0 Å². The molecule has 32 heavy (non-hydrogen) atoms. The molecule has 10 heteroatoms. The van der Waals surface area contributed by atoms with Gasteiger partial charge in [0.1, 0.15) is 22.9 Å². The maximum atomic E-state index is 13.1. The third kappa shape index (κ3) is 4.07. The molecule has 0 spiro atoms. The molecular formula is C22H22FNO7S. The van der Waals surface area contributed by atoms with Crippen molar-refractivity contribution in [3.05, 3.63) is 54.3 Å². The molecule has 3 atom stereocenters. The molecule has 2 bridgehead atoms. The summed E-state index contributed by atoms with van der Waals surface area (Å²) in [6, 6.07) is 10.8. The summed E-state index contributed by atoms with van der Waals surface area (Å²) in [5.41, 5.74) is 2.34. The molecule has 2 fully saturated rings. The molecule has 0 aliphatic carbocycles. The predicted octanol–water partition coefficient (Wildman–Crippen LogP) is 2.66. The number of carbonyl (C=O) groups excluding carboxylic acids is 1. The van der Waals surface area contributed by atoms with Gasteiger partial charge in [0.2, 0.25) is 5.91 Å². The topological polar surface area (TPSA) is 133 Å². The van der Waals surface area contributed by atoms with Crippen molar-refractivity contribution in [2.24, 2.45) is 11.1 Å². The molecule has 4 rings (SSSR count). The van der Waals surface area contributed by atoms with E-state index in [1.54, 1.807) is 0 Å². The molecule has 2 aromatic rings. The van der Waals surface area contributed by atoms with Crippen molar-refractivity contribution in [1.82, 2.24) is 0 Å². The Hall–Kier alpha value is -2.98. The summed E-state index contributed by atoms with van der Waals surface area (Å²) in [4.78, 5) is 24.2. The van der Waals surface area contributed by atoms with Crippen LogP contribution in [0, 0.1) is 11.2 Å². The minimum Gasteiger partial charge on any atom is -0.481 e. The van der Waals surface area contributed by atoms with E-state index in [0.29, 0.717) is 17.9 Å². The number of carboxylic acid groups (broad SMARTS) is 1. The quantitative estimate of drug-likeness (QED) is 0.645. The number of aliphatic carboxylic acids is 1. The van der Waals surface area contributed by atoms with Crippen molar-refractivity contribution in [3.8, 4) is 11.5 Å². The van der Waals surface area contributed by atoms with Crippen LogP contribution in [0.25, 0.3) is 0 Å². The summed E-state index contributed by atoms with van der Waals surface area (Å²) in [7, 11) is -4.02. The first-order chi connectivity index (χ1) is 15.0. The number of fused-ring (bicyclic) bond motifs is 2. The summed E-state index contributed by atoms with van der Waals surface area (Å²) in [6.07, 6.45) is -0.103. The van der Waals surface area contributed by atoms with Gasteiger partial charge in [0.15, 0.2) is 9.84 Å². The second-order valence-electron chi connectivity index (χ2n) is 8.39. The van der Waals surface area contributed by atoms with E-state index >= 15 is 0 Å². The van der Waals surface area contributed by atoms with Gasteiger partial charge in [-0.1, -0.05) is 0 Å². The number of carboxylic acids is 1. The smallest absolute Gasteiger partial charge is 0.310 e. The highest BCUT2D eigenvalue weighted by atomic mass is 32.2. The van der Waals surface area contributed by atoms with E-state index < -0.39 is 50.4 Å². The zero-order valence-corrected chi connectivity index (χ0v) is 17.8. The van der Waals surface area contributed by atoms with Gasteiger partial charge < -0.3 is 20.3 Å². The number of nitrogens with two attached hydrogens (primary N) is 1. The van der Waals surface area contributed by atoms with Crippen LogP contribution in [-0.4, -0.2) is 42.9 Å². The molecule has 1 amide bonds. The first kappa shape index (κ1) is 22.2. The number of rotatable bonds is 7. The predicted molar refractivity (Wildman–Crippen MR) is 110 cm³/mol. The van der Waals surface area contributed by atoms with Crippen LogP contribution in [0.5, 0.6) is 11.5 Å². The van der Waals surface area contributed by atoms with Gasteiger partial charge in [-0.15, -0.1) is 0 Å². The van der Waals surface area contributed by atoms with E-state index in [2.05, 4.69) is 0 Å². The Balaban J connectivity index is 1.56. The highest BCUT2D eigenvalue weighted by Gasteiger charge is 2.60. The Morgan fingerprint density at radius 2 is 1.72 bits per heavy atom. The van der Waals surface area contributed by atoms with Crippen LogP contribution < -0.4 is 10.5 Å². The average molecular weight is 463 g/mol. The van der Waals surface area contributed by atoms with E-state index in [-0.39, 0.29) is 24.2 Å². The Bertz CT molecular complexity index is 1150. The number of hydrogen-bond donors (Lipinski definition) is 2. The number of hydrogen-bond acceptors (Lipinski definition) is 6. The van der Waals surface area contributed by atoms with Gasteiger partial charge >= 0.3 is 5.97 Å². The molecule has 0 radical (unpaired) electrons. The standard InChI is InChI=1S/C22H22FNO7S/c23-14-1-3-15(4-2-14)30-16-5-7-18(8-6-16)32(28,29)13-21(20(26)27)11-17-9-10-22(12-21,31-17)19(24)25/h1-8,17H,9-13H2,(H2,24,25)(H,26,27). The fourth-order valence-electron chi connectivity index (χ4n) is 4.56. The lowest BCUT2D eigenvalue weighted by atomic mass is 9.74. The fraction of sp³-hybridized carbons (Fsp3) is 0.364. The Labute approximate surface area is 184 Å². The van der Waals surface area contributed by atoms with Crippen LogP contribution >= 0.6 is 0 Å². The largest absolute Gasteiger partial charge is 0.481 e. The molecule has 2 saturated heterocycles. The number of primary amides is 1. The van der Waals surface area contributed by atoms with E-state index in [4.69, 9.17) is 15.2 Å². The number of carbonyl (C=O) groups is 2. The second kappa shape index (κ2) is 7.86. The lowest BCUT2D eigenvalue weighted by molar-refractivity contribution is -0.174. The van der Waals surface area contributed by atoms with Gasteiger partial charge in [-0.05, 0) is 67.8 Å². The maximum Gasteiger partial charge on any atom is 0.310 e. The molecule has 2 aliphatic heterocycles. The van der Waals surface area contributed by atoms with Gasteiger partial charge in [-0.3, -0.25) is 9.59 Å². The molecule has 170 valence electrons. The first-order valence-corrected chi connectivity index (χ1v) is 11.7. The van der Waals surface area contributed by atoms with Crippen molar-refractivity contribution in [3.63, 3.8) is 0 Å². The minimum absolute atomic E-state index is 0.0116. The number of amides is 1. The van der Waals surface area contributed by atoms with Crippen LogP contribution in [0.2, 0.25) is 0 Å². The van der Waals surface area contributed by atoms with Crippen molar-refractivity contribution in [2.45, 2.75) is 42.3 Å². The normalized spacial score (nSPS) is 27.1. The summed E-state index contributed by atoms with van der Waals surface area (Å²) in [6.45, 7) is 0. The highest BCUT2D eigenvalue weighted by molar-refractivity contribution is 7.91. The molecule has 2 aromatic carbocycles. The monoisotopic (exact) mass is 463 g/mol. The molecule has 0 aromatic heterocycles. The molecule has 2 aliphatic rings. The SMILES string of the molecule is NC(=O)C12CCC(CC(CS(=O)(=O)c3ccc(Oc4ccc(F)cc4)cc3)(C(=O)O)C1)O2. The molecule has 8 nitrogen and oxygen atoms in total. The summed E-state index contributed by atoms with van der Waals surface area (Å²) < 4.78 is 50.5. The van der Waals surface area contributed by atoms with Crippen molar-refractivity contribution in [2.75, 3.05) is 5.75 Å². The van der Waals surface area contributed by atoms with Gasteiger partial charge in [0.25, 0.3) is 0 Å². The third-order valence-corrected chi connectivity index (χ3v) is 8.03. The second-order valence-corrected chi connectivity index (χ2v) is 10.4. The number of ether oxygens (including phenoxy) is 2. The molecular weight excluding hydrogens is 441 g/mol. The van der Waals surface area contributed by atoms with Crippen LogP contribution in [0.15, 0.2) is 53.4 Å². The van der Waals surface area contributed by atoms with Gasteiger partial charge in [-0.25, -0.2) is 12.8 Å². The number of sulfone groups is 1. The molecule has 3 unspecified atom stereocenters. The molecule has 3 N–H and O–H groups in total. The number of halogens is 1. The lowest BCUT2D eigenvalue weighted by Crippen LogP contribution is -2.55. The van der Waals surface area contributed by atoms with Crippen LogP contribution in [0.3, 0.4) is 0 Å².